The van der Waals surface area contributed by atoms with Crippen LogP contribution in [0.25, 0.3) is 0 Å². The summed E-state index contributed by atoms with van der Waals surface area (Å²) in [7, 11) is 0. The number of halogens is 2. The quantitative estimate of drug-likeness (QED) is 0.672. The highest BCUT2D eigenvalue weighted by molar-refractivity contribution is 6.29. The third kappa shape index (κ3) is 4.10. The Hall–Kier alpha value is -2.99. The minimum Gasteiger partial charge on any atom is -0.353 e. The van der Waals surface area contributed by atoms with Crippen molar-refractivity contribution in [3.63, 3.8) is 0 Å². The van der Waals surface area contributed by atoms with Crippen LogP contribution in [0.2, 0.25) is 5.15 Å². The Morgan fingerprint density at radius 3 is 2.60 bits per heavy atom. The molecule has 0 saturated heterocycles. The molecule has 2 N–H and O–H groups in total. The molecule has 0 radical (unpaired) electrons. The van der Waals surface area contributed by atoms with Gasteiger partial charge in [0.25, 0.3) is 5.91 Å². The van der Waals surface area contributed by atoms with Crippen LogP contribution in [0, 0.1) is 12.7 Å². The average Bonchev–Trinajstić information content (AvgIpc) is 2.58. The lowest BCUT2D eigenvalue weighted by molar-refractivity contribution is 0.102. The Morgan fingerprint density at radius 2 is 1.88 bits per heavy atom. The summed E-state index contributed by atoms with van der Waals surface area (Å²) in [6.07, 6.45) is 4.58. The van der Waals surface area contributed by atoms with Gasteiger partial charge in [0.2, 0.25) is 0 Å². The van der Waals surface area contributed by atoms with Gasteiger partial charge in [-0.15, -0.1) is 0 Å². The van der Waals surface area contributed by atoms with E-state index < -0.39 is 0 Å². The van der Waals surface area contributed by atoms with Gasteiger partial charge in [-0.2, -0.15) is 0 Å². The van der Waals surface area contributed by atoms with Gasteiger partial charge >= 0.3 is 0 Å². The minimum atomic E-state index is -0.323. The summed E-state index contributed by atoms with van der Waals surface area (Å²) in [4.78, 5) is 20.5. The fourth-order valence-electron chi connectivity index (χ4n) is 2.24. The number of nitrogens with one attached hydrogen (secondary N) is 2. The molecule has 0 saturated carbocycles. The van der Waals surface area contributed by atoms with Crippen LogP contribution >= 0.6 is 11.6 Å². The molecule has 3 aromatic rings. The zero-order valence-electron chi connectivity index (χ0n) is 13.3. The van der Waals surface area contributed by atoms with Crippen molar-refractivity contribution in [3.8, 4) is 0 Å². The van der Waals surface area contributed by atoms with Gasteiger partial charge in [0.1, 0.15) is 11.0 Å². The van der Waals surface area contributed by atoms with Crippen molar-refractivity contribution in [1.29, 1.82) is 0 Å². The molecule has 2 aromatic heterocycles. The lowest BCUT2D eigenvalue weighted by Crippen LogP contribution is -2.15. The number of rotatable bonds is 4. The van der Waals surface area contributed by atoms with Crippen LogP contribution in [0.1, 0.15) is 15.9 Å². The predicted molar refractivity (Wildman–Crippen MR) is 95.9 cm³/mol. The molecule has 0 aliphatic rings. The summed E-state index contributed by atoms with van der Waals surface area (Å²) in [6.45, 7) is 1.78. The number of hydrogen-bond donors (Lipinski definition) is 2. The number of carbonyl (C=O) groups is 1. The van der Waals surface area contributed by atoms with Crippen molar-refractivity contribution in [1.82, 2.24) is 9.97 Å². The highest BCUT2D eigenvalue weighted by Gasteiger charge is 2.13. The molecule has 7 heteroatoms. The van der Waals surface area contributed by atoms with Crippen LogP contribution in [0.15, 0.2) is 55.0 Å². The van der Waals surface area contributed by atoms with E-state index in [4.69, 9.17) is 11.6 Å². The molecule has 1 aromatic carbocycles. The van der Waals surface area contributed by atoms with E-state index in [1.165, 1.54) is 18.3 Å². The van der Waals surface area contributed by atoms with Gasteiger partial charge in [0.05, 0.1) is 23.1 Å². The number of hydrogen-bond acceptors (Lipinski definition) is 4. The first-order valence-electron chi connectivity index (χ1n) is 7.43. The summed E-state index contributed by atoms with van der Waals surface area (Å²) in [6, 6.07) is 9.19. The maximum Gasteiger partial charge on any atom is 0.257 e. The van der Waals surface area contributed by atoms with Gasteiger partial charge in [0, 0.05) is 18.1 Å². The molecule has 1 amide bonds. The van der Waals surface area contributed by atoms with E-state index in [2.05, 4.69) is 20.6 Å². The summed E-state index contributed by atoms with van der Waals surface area (Å²) in [5.74, 6) is -0.633. The molecule has 3 rings (SSSR count). The van der Waals surface area contributed by atoms with Gasteiger partial charge in [-0.05, 0) is 48.9 Å². The topological polar surface area (TPSA) is 66.9 Å². The molecule has 0 aliphatic heterocycles. The third-order valence-corrected chi connectivity index (χ3v) is 3.72. The summed E-state index contributed by atoms with van der Waals surface area (Å²) in [5, 5.41) is 6.25. The highest BCUT2D eigenvalue weighted by atomic mass is 35.5. The second kappa shape index (κ2) is 7.27. The smallest absolute Gasteiger partial charge is 0.257 e. The van der Waals surface area contributed by atoms with E-state index in [1.54, 1.807) is 43.6 Å². The number of benzene rings is 1. The second-order valence-electron chi connectivity index (χ2n) is 5.33. The molecular weight excluding hydrogens is 343 g/mol. The van der Waals surface area contributed by atoms with Crippen LogP contribution in [0.4, 0.5) is 21.5 Å². The van der Waals surface area contributed by atoms with E-state index in [0.717, 1.165) is 5.56 Å². The Morgan fingerprint density at radius 1 is 1.12 bits per heavy atom. The molecule has 126 valence electrons. The Balaban J connectivity index is 1.83. The molecule has 0 unspecified atom stereocenters. The molecule has 0 bridgehead atoms. The van der Waals surface area contributed by atoms with Crippen LogP contribution in [-0.4, -0.2) is 15.9 Å². The number of aromatic nitrogens is 2. The van der Waals surface area contributed by atoms with Gasteiger partial charge in [0.15, 0.2) is 0 Å². The van der Waals surface area contributed by atoms with Crippen molar-refractivity contribution in [2.45, 2.75) is 6.92 Å². The molecular formula is C18H14ClFN4O. The first-order chi connectivity index (χ1) is 12.0. The maximum atomic E-state index is 13.0. The Bertz CT molecular complexity index is 915. The Labute approximate surface area is 148 Å². The number of pyridine rings is 2. The molecule has 0 spiro atoms. The van der Waals surface area contributed by atoms with Crippen LogP contribution < -0.4 is 10.6 Å². The lowest BCUT2D eigenvalue weighted by Gasteiger charge is -2.13. The van der Waals surface area contributed by atoms with E-state index in [0.29, 0.717) is 27.8 Å². The van der Waals surface area contributed by atoms with Gasteiger partial charge in [-0.3, -0.25) is 9.78 Å². The monoisotopic (exact) mass is 356 g/mol. The van der Waals surface area contributed by atoms with Gasteiger partial charge < -0.3 is 10.6 Å². The van der Waals surface area contributed by atoms with Crippen LogP contribution in [-0.2, 0) is 0 Å². The van der Waals surface area contributed by atoms with E-state index in [-0.39, 0.29) is 11.7 Å². The predicted octanol–water partition coefficient (Wildman–Crippen LogP) is 4.57. The van der Waals surface area contributed by atoms with Crippen molar-refractivity contribution >= 4 is 34.6 Å². The lowest BCUT2D eigenvalue weighted by atomic mass is 10.1. The van der Waals surface area contributed by atoms with E-state index >= 15 is 0 Å². The highest BCUT2D eigenvalue weighted by Crippen LogP contribution is 2.25. The van der Waals surface area contributed by atoms with Crippen LogP contribution in [0.3, 0.4) is 0 Å². The molecule has 25 heavy (non-hydrogen) atoms. The van der Waals surface area contributed by atoms with Gasteiger partial charge in [-0.1, -0.05) is 11.6 Å². The SMILES string of the molecule is Cc1cc(Cl)ncc1C(=O)Nc1ccncc1Nc1ccc(F)cc1. The average molecular weight is 357 g/mol. The number of aryl methyl sites for hydroxylation is 1. The van der Waals surface area contributed by atoms with Crippen molar-refractivity contribution in [2.24, 2.45) is 0 Å². The van der Waals surface area contributed by atoms with Gasteiger partial charge in [-0.25, -0.2) is 9.37 Å². The van der Waals surface area contributed by atoms with Crippen molar-refractivity contribution < 1.29 is 9.18 Å². The fraction of sp³-hybridized carbons (Fsp3) is 0.0556. The summed E-state index contributed by atoms with van der Waals surface area (Å²) >= 11 is 5.82. The Kier molecular flexibility index (Phi) is 4.90. The summed E-state index contributed by atoms with van der Waals surface area (Å²) < 4.78 is 13.0. The molecule has 0 atom stereocenters. The van der Waals surface area contributed by atoms with E-state index in [9.17, 15) is 9.18 Å². The maximum absolute atomic E-state index is 13.0. The molecule has 2 heterocycles. The number of carbonyl (C=O) groups excluding carboxylic acids is 1. The summed E-state index contributed by atoms with van der Waals surface area (Å²) in [5.41, 5.74) is 2.95. The minimum absolute atomic E-state index is 0.310. The number of nitrogens with zero attached hydrogens (tertiary/aromatic N) is 2. The zero-order valence-corrected chi connectivity index (χ0v) is 14.0. The number of anilines is 3. The fourth-order valence-corrected chi connectivity index (χ4v) is 2.45. The normalized spacial score (nSPS) is 10.4. The van der Waals surface area contributed by atoms with Crippen molar-refractivity contribution in [2.75, 3.05) is 10.6 Å². The number of amides is 1. The first-order valence-corrected chi connectivity index (χ1v) is 7.81. The van der Waals surface area contributed by atoms with E-state index in [1.807, 2.05) is 0 Å². The van der Waals surface area contributed by atoms with Crippen LogP contribution in [0.5, 0.6) is 0 Å². The molecule has 5 nitrogen and oxygen atoms in total. The standard InChI is InChI=1S/C18H14ClFN4O/c1-11-8-17(19)22-9-14(11)18(25)24-15-6-7-21-10-16(15)23-13-4-2-12(20)3-5-13/h2-10,23H,1H3,(H,21,24,25). The van der Waals surface area contributed by atoms with Crippen molar-refractivity contribution in [3.05, 3.63) is 77.1 Å². The third-order valence-electron chi connectivity index (χ3n) is 3.51. The largest absolute Gasteiger partial charge is 0.353 e. The molecule has 0 fully saturated rings. The first kappa shape index (κ1) is 16.9. The molecule has 0 aliphatic carbocycles. The zero-order chi connectivity index (χ0) is 17.8. The second-order valence-corrected chi connectivity index (χ2v) is 5.72.